The van der Waals surface area contributed by atoms with Gasteiger partial charge in [0.15, 0.2) is 0 Å². The van der Waals surface area contributed by atoms with E-state index in [1.54, 1.807) is 0 Å². The number of hydrogen-bond acceptors (Lipinski definition) is 2. The van der Waals surface area contributed by atoms with Crippen molar-refractivity contribution >= 4 is 0 Å². The molecule has 0 aliphatic heterocycles. The highest BCUT2D eigenvalue weighted by atomic mass is 19.4. The highest BCUT2D eigenvalue weighted by molar-refractivity contribution is 5.13. The van der Waals surface area contributed by atoms with Crippen molar-refractivity contribution in [1.29, 1.82) is 0 Å². The molecule has 118 valence electrons. The molecule has 0 bridgehead atoms. The van der Waals surface area contributed by atoms with Gasteiger partial charge in [0.2, 0.25) is 0 Å². The Morgan fingerprint density at radius 2 is 2.00 bits per heavy atom. The Labute approximate surface area is 122 Å². The predicted octanol–water partition coefficient (Wildman–Crippen LogP) is 3.04. The number of alkyl halides is 3. The third-order valence-electron chi connectivity index (χ3n) is 4.18. The average Bonchev–Trinajstić information content (AvgIpc) is 2.41. The molecule has 1 heterocycles. The molecule has 1 aromatic heterocycles. The molecule has 2 rings (SSSR count). The Kier molecular flexibility index (Phi) is 5.08. The minimum atomic E-state index is -4.42. The summed E-state index contributed by atoms with van der Waals surface area (Å²) >= 11 is 0. The van der Waals surface area contributed by atoms with E-state index < -0.39 is 17.3 Å². The first-order valence-electron chi connectivity index (χ1n) is 7.39. The lowest BCUT2D eigenvalue weighted by molar-refractivity contribution is -0.138. The largest absolute Gasteiger partial charge is 0.417 e. The normalized spacial score (nSPS) is 23.2. The van der Waals surface area contributed by atoms with Crippen LogP contribution in [0.25, 0.3) is 0 Å². The minimum absolute atomic E-state index is 0.256. The molecule has 21 heavy (non-hydrogen) atoms. The van der Waals surface area contributed by atoms with Crippen molar-refractivity contribution in [2.75, 3.05) is 6.54 Å². The number of pyridine rings is 1. The van der Waals surface area contributed by atoms with Crippen molar-refractivity contribution in [3.05, 3.63) is 34.2 Å². The van der Waals surface area contributed by atoms with Crippen molar-refractivity contribution in [2.24, 2.45) is 5.92 Å². The van der Waals surface area contributed by atoms with Crippen molar-refractivity contribution in [3.8, 4) is 0 Å². The van der Waals surface area contributed by atoms with E-state index in [1.165, 1.54) is 19.3 Å². The summed E-state index contributed by atoms with van der Waals surface area (Å²) < 4.78 is 39.0. The van der Waals surface area contributed by atoms with Crippen molar-refractivity contribution in [1.82, 2.24) is 9.88 Å². The Morgan fingerprint density at radius 1 is 1.29 bits per heavy atom. The standard InChI is InChI=1S/C15H21F3N2O/c1-11-4-2-3-5-13(11)19-8-9-20-10-12(15(16,17)18)6-7-14(20)21/h6-7,10-11,13,19H,2-5,8-9H2,1H3. The molecule has 0 spiro atoms. The lowest BCUT2D eigenvalue weighted by atomic mass is 9.86. The van der Waals surface area contributed by atoms with Gasteiger partial charge in [-0.3, -0.25) is 4.79 Å². The second-order valence-corrected chi connectivity index (χ2v) is 5.77. The second kappa shape index (κ2) is 6.64. The Bertz CT molecular complexity index is 524. The zero-order valence-electron chi connectivity index (χ0n) is 12.1. The fourth-order valence-corrected chi connectivity index (χ4v) is 2.86. The van der Waals surface area contributed by atoms with Gasteiger partial charge in [0.1, 0.15) is 0 Å². The number of aromatic nitrogens is 1. The summed E-state index contributed by atoms with van der Waals surface area (Å²) in [7, 11) is 0. The molecule has 0 amide bonds. The number of halogens is 3. The van der Waals surface area contributed by atoms with Gasteiger partial charge in [-0.2, -0.15) is 13.2 Å². The smallest absolute Gasteiger partial charge is 0.314 e. The highest BCUT2D eigenvalue weighted by Crippen LogP contribution is 2.28. The zero-order chi connectivity index (χ0) is 15.5. The predicted molar refractivity (Wildman–Crippen MR) is 75.1 cm³/mol. The van der Waals surface area contributed by atoms with E-state index in [2.05, 4.69) is 12.2 Å². The first-order valence-corrected chi connectivity index (χ1v) is 7.39. The molecule has 1 aromatic rings. The van der Waals surface area contributed by atoms with Crippen LogP contribution in [0.2, 0.25) is 0 Å². The number of nitrogens with zero attached hydrogens (tertiary/aromatic N) is 1. The molecule has 1 aliphatic rings. The van der Waals surface area contributed by atoms with Gasteiger partial charge in [-0.15, -0.1) is 0 Å². The van der Waals surface area contributed by atoms with E-state index in [0.717, 1.165) is 29.3 Å². The van der Waals surface area contributed by atoms with Gasteiger partial charge in [0.05, 0.1) is 5.56 Å². The van der Waals surface area contributed by atoms with Crippen LogP contribution in [0.1, 0.15) is 38.2 Å². The Balaban J connectivity index is 1.95. The number of nitrogens with one attached hydrogen (secondary N) is 1. The SMILES string of the molecule is CC1CCCCC1NCCn1cc(C(F)(F)F)ccc1=O. The highest BCUT2D eigenvalue weighted by Gasteiger charge is 2.31. The fraction of sp³-hybridized carbons (Fsp3) is 0.667. The van der Waals surface area contributed by atoms with Crippen molar-refractivity contribution in [3.63, 3.8) is 0 Å². The molecule has 0 aromatic carbocycles. The summed E-state index contributed by atoms with van der Waals surface area (Å²) in [5.41, 5.74) is -1.19. The van der Waals surface area contributed by atoms with Crippen LogP contribution in [0.5, 0.6) is 0 Å². The molecule has 0 saturated heterocycles. The molecule has 2 atom stereocenters. The monoisotopic (exact) mass is 302 g/mol. The van der Waals surface area contributed by atoms with E-state index in [9.17, 15) is 18.0 Å². The molecule has 1 saturated carbocycles. The van der Waals surface area contributed by atoms with Gasteiger partial charge in [-0.25, -0.2) is 0 Å². The minimum Gasteiger partial charge on any atom is -0.314 e. The van der Waals surface area contributed by atoms with Gasteiger partial charge in [0, 0.05) is 31.4 Å². The second-order valence-electron chi connectivity index (χ2n) is 5.77. The molecule has 6 heteroatoms. The van der Waals surface area contributed by atoms with Gasteiger partial charge in [0.25, 0.3) is 5.56 Å². The van der Waals surface area contributed by atoms with Crippen molar-refractivity contribution < 1.29 is 13.2 Å². The van der Waals surface area contributed by atoms with E-state index in [4.69, 9.17) is 0 Å². The van der Waals surface area contributed by atoms with Crippen LogP contribution < -0.4 is 10.9 Å². The molecular weight excluding hydrogens is 281 g/mol. The maximum atomic E-state index is 12.6. The van der Waals surface area contributed by atoms with Crippen LogP contribution in [0.4, 0.5) is 13.2 Å². The topological polar surface area (TPSA) is 34.0 Å². The Morgan fingerprint density at radius 3 is 2.67 bits per heavy atom. The summed E-state index contributed by atoms with van der Waals surface area (Å²) in [5.74, 6) is 0.581. The van der Waals surface area contributed by atoms with Crippen LogP contribution in [0.15, 0.2) is 23.1 Å². The first kappa shape index (κ1) is 16.1. The molecule has 3 nitrogen and oxygen atoms in total. The molecule has 2 unspecified atom stereocenters. The molecule has 1 fully saturated rings. The van der Waals surface area contributed by atoms with E-state index in [-0.39, 0.29) is 6.54 Å². The quantitative estimate of drug-likeness (QED) is 0.927. The maximum absolute atomic E-state index is 12.6. The first-order chi connectivity index (χ1) is 9.88. The molecule has 0 radical (unpaired) electrons. The lowest BCUT2D eigenvalue weighted by Crippen LogP contribution is -2.39. The summed E-state index contributed by atoms with van der Waals surface area (Å²) in [5, 5.41) is 3.36. The number of hydrogen-bond donors (Lipinski definition) is 1. The van der Waals surface area contributed by atoms with Crippen LogP contribution in [-0.4, -0.2) is 17.2 Å². The third kappa shape index (κ3) is 4.33. The fourth-order valence-electron chi connectivity index (χ4n) is 2.86. The molecule has 1 N–H and O–H groups in total. The summed E-state index contributed by atoms with van der Waals surface area (Å²) in [6.07, 6.45) is 1.19. The van der Waals surface area contributed by atoms with Gasteiger partial charge < -0.3 is 9.88 Å². The third-order valence-corrected chi connectivity index (χ3v) is 4.18. The summed E-state index contributed by atoms with van der Waals surface area (Å²) in [6.45, 7) is 2.95. The molecule has 1 aliphatic carbocycles. The summed E-state index contributed by atoms with van der Waals surface area (Å²) in [4.78, 5) is 11.6. The van der Waals surface area contributed by atoms with Crippen molar-refractivity contribution in [2.45, 2.75) is 51.4 Å². The van der Waals surface area contributed by atoms with Crippen LogP contribution in [-0.2, 0) is 12.7 Å². The maximum Gasteiger partial charge on any atom is 0.417 e. The lowest BCUT2D eigenvalue weighted by Gasteiger charge is -2.29. The van der Waals surface area contributed by atoms with E-state index in [0.29, 0.717) is 18.5 Å². The zero-order valence-corrected chi connectivity index (χ0v) is 12.1. The van der Waals surface area contributed by atoms with Crippen LogP contribution >= 0.6 is 0 Å². The van der Waals surface area contributed by atoms with Crippen LogP contribution in [0.3, 0.4) is 0 Å². The van der Waals surface area contributed by atoms with Gasteiger partial charge in [-0.05, 0) is 24.8 Å². The summed E-state index contributed by atoms with van der Waals surface area (Å²) in [6, 6.07) is 2.21. The average molecular weight is 302 g/mol. The van der Waals surface area contributed by atoms with E-state index >= 15 is 0 Å². The van der Waals surface area contributed by atoms with Gasteiger partial charge >= 0.3 is 6.18 Å². The van der Waals surface area contributed by atoms with Crippen LogP contribution in [0, 0.1) is 5.92 Å². The molecular formula is C15H21F3N2O. The van der Waals surface area contributed by atoms with E-state index in [1.807, 2.05) is 0 Å². The number of rotatable bonds is 4. The Hall–Kier alpha value is -1.30. The van der Waals surface area contributed by atoms with Gasteiger partial charge in [-0.1, -0.05) is 19.8 Å².